The molecule has 8 nitrogen and oxygen atoms in total. The highest BCUT2D eigenvalue weighted by atomic mass is 16.5. The van der Waals surface area contributed by atoms with Crippen molar-refractivity contribution in [1.29, 1.82) is 0 Å². The highest BCUT2D eigenvalue weighted by molar-refractivity contribution is 5.99. The van der Waals surface area contributed by atoms with Crippen molar-refractivity contribution >= 4 is 11.8 Å². The molecule has 3 rings (SSSR count). The van der Waals surface area contributed by atoms with Gasteiger partial charge < -0.3 is 19.5 Å². The van der Waals surface area contributed by atoms with Crippen LogP contribution >= 0.6 is 0 Å². The maximum Gasteiger partial charge on any atom is 0.259 e. The number of hydrogen-bond acceptors (Lipinski definition) is 5. The lowest BCUT2D eigenvalue weighted by atomic mass is 10.1. The second kappa shape index (κ2) is 12.7. The van der Waals surface area contributed by atoms with Crippen LogP contribution in [0.25, 0.3) is 0 Å². The fourth-order valence-corrected chi connectivity index (χ4v) is 4.18. The van der Waals surface area contributed by atoms with Gasteiger partial charge in [0.1, 0.15) is 16.9 Å². The summed E-state index contributed by atoms with van der Waals surface area (Å²) in [6, 6.07) is 7.98. The van der Waals surface area contributed by atoms with Crippen LogP contribution in [0.4, 0.5) is 0 Å². The van der Waals surface area contributed by atoms with Crippen molar-refractivity contribution < 1.29 is 14.3 Å². The van der Waals surface area contributed by atoms with E-state index in [0.29, 0.717) is 45.2 Å². The summed E-state index contributed by atoms with van der Waals surface area (Å²) in [6.45, 7) is 12.6. The Balaban J connectivity index is 1.74. The Hall–Kier alpha value is -3.13. The van der Waals surface area contributed by atoms with Gasteiger partial charge in [-0.25, -0.2) is 0 Å². The van der Waals surface area contributed by atoms with E-state index in [0.717, 1.165) is 24.3 Å². The summed E-state index contributed by atoms with van der Waals surface area (Å²) in [4.78, 5) is 43.5. The summed E-state index contributed by atoms with van der Waals surface area (Å²) >= 11 is 0. The number of ether oxygens (including phenoxy) is 1. The Morgan fingerprint density at radius 1 is 1.00 bits per heavy atom. The van der Waals surface area contributed by atoms with E-state index in [1.54, 1.807) is 24.4 Å². The predicted octanol–water partition coefficient (Wildman–Crippen LogP) is 3.25. The minimum Gasteiger partial charge on any atom is -0.497 e. The first-order chi connectivity index (χ1) is 17.2. The third-order valence-corrected chi connectivity index (χ3v) is 6.39. The number of aryl methyl sites for hydroxylation is 1. The summed E-state index contributed by atoms with van der Waals surface area (Å²) in [6.07, 6.45) is 4.09. The molecule has 2 amide bonds. The van der Waals surface area contributed by atoms with Crippen LogP contribution < -0.4 is 15.5 Å². The number of rotatable bonds is 10. The van der Waals surface area contributed by atoms with E-state index in [-0.39, 0.29) is 23.0 Å². The normalized spacial score (nSPS) is 14.4. The van der Waals surface area contributed by atoms with Gasteiger partial charge in [-0.15, -0.1) is 0 Å². The van der Waals surface area contributed by atoms with E-state index < -0.39 is 11.3 Å². The number of amides is 2. The van der Waals surface area contributed by atoms with Gasteiger partial charge in [-0.2, -0.15) is 0 Å². The zero-order chi connectivity index (χ0) is 26.2. The van der Waals surface area contributed by atoms with Crippen LogP contribution in [0.15, 0.2) is 41.5 Å². The smallest absolute Gasteiger partial charge is 0.259 e. The quantitative estimate of drug-likeness (QED) is 0.546. The zero-order valence-electron chi connectivity index (χ0n) is 22.3. The van der Waals surface area contributed by atoms with Gasteiger partial charge in [-0.05, 0) is 36.0 Å². The second-order valence-corrected chi connectivity index (χ2v) is 10.4. The zero-order valence-corrected chi connectivity index (χ0v) is 22.3. The van der Waals surface area contributed by atoms with Crippen LogP contribution in [0, 0.1) is 11.8 Å². The Kier molecular flexibility index (Phi) is 9.70. The average molecular weight is 497 g/mol. The van der Waals surface area contributed by atoms with E-state index in [2.05, 4.69) is 30.1 Å². The first-order valence-corrected chi connectivity index (χ1v) is 12.8. The van der Waals surface area contributed by atoms with E-state index in [9.17, 15) is 14.4 Å². The molecule has 0 saturated carbocycles. The number of hydrogen-bond donors (Lipinski definition) is 1. The number of nitrogens with one attached hydrogen (secondary N) is 1. The molecule has 0 unspecified atom stereocenters. The van der Waals surface area contributed by atoms with Crippen molar-refractivity contribution in [3.63, 3.8) is 0 Å². The molecular weight excluding hydrogens is 456 g/mol. The molecule has 0 bridgehead atoms. The van der Waals surface area contributed by atoms with Crippen LogP contribution in [0.2, 0.25) is 0 Å². The van der Waals surface area contributed by atoms with Crippen molar-refractivity contribution in [3.05, 3.63) is 63.6 Å². The second-order valence-electron chi connectivity index (χ2n) is 10.4. The third kappa shape index (κ3) is 7.43. The summed E-state index contributed by atoms with van der Waals surface area (Å²) in [5.41, 5.74) is 0.752. The first kappa shape index (κ1) is 27.5. The maximum atomic E-state index is 13.4. The number of carbonyl (C=O) groups excluding carboxylic acids is 2. The van der Waals surface area contributed by atoms with Crippen LogP contribution in [-0.2, 0) is 13.1 Å². The van der Waals surface area contributed by atoms with Crippen LogP contribution in [0.5, 0.6) is 5.75 Å². The molecule has 0 radical (unpaired) electrons. The molecule has 196 valence electrons. The van der Waals surface area contributed by atoms with E-state index in [1.165, 1.54) is 0 Å². The molecule has 1 aromatic carbocycles. The van der Waals surface area contributed by atoms with Crippen LogP contribution in [0.3, 0.4) is 0 Å². The summed E-state index contributed by atoms with van der Waals surface area (Å²) in [5.74, 6) is 0.810. The van der Waals surface area contributed by atoms with Gasteiger partial charge in [0.25, 0.3) is 11.8 Å². The molecule has 0 aliphatic carbocycles. The molecule has 0 spiro atoms. The van der Waals surface area contributed by atoms with Gasteiger partial charge in [-0.1, -0.05) is 39.8 Å². The number of carbonyl (C=O) groups is 2. The van der Waals surface area contributed by atoms with Crippen molar-refractivity contribution in [2.45, 2.75) is 47.2 Å². The predicted molar refractivity (Wildman–Crippen MR) is 142 cm³/mol. The molecule has 0 atom stereocenters. The SMILES string of the molecule is COc1cccc(CN2CCN(C(=O)c3cn(CCC(C)C)cc(C(=O)NCC(C)C)c3=O)CC2)c1. The molecular formula is C28H40N4O4. The number of methoxy groups -OCH3 is 1. The molecule has 1 aliphatic heterocycles. The van der Waals surface area contributed by atoms with Gasteiger partial charge in [0.15, 0.2) is 0 Å². The third-order valence-electron chi connectivity index (χ3n) is 6.39. The highest BCUT2D eigenvalue weighted by Gasteiger charge is 2.26. The summed E-state index contributed by atoms with van der Waals surface area (Å²) in [7, 11) is 1.66. The van der Waals surface area contributed by atoms with Gasteiger partial charge in [0.2, 0.25) is 5.43 Å². The fraction of sp³-hybridized carbons (Fsp3) is 0.536. The number of aromatic nitrogens is 1. The molecule has 2 aromatic rings. The topological polar surface area (TPSA) is 83.9 Å². The molecule has 1 aromatic heterocycles. The summed E-state index contributed by atoms with van der Waals surface area (Å²) < 4.78 is 7.13. The Labute approximate surface area is 214 Å². The van der Waals surface area contributed by atoms with Gasteiger partial charge >= 0.3 is 0 Å². The van der Waals surface area contributed by atoms with E-state index in [4.69, 9.17) is 4.74 Å². The molecule has 1 aliphatic rings. The fourth-order valence-electron chi connectivity index (χ4n) is 4.18. The molecule has 1 N–H and O–H groups in total. The largest absolute Gasteiger partial charge is 0.497 e. The lowest BCUT2D eigenvalue weighted by molar-refractivity contribution is 0.0626. The monoisotopic (exact) mass is 496 g/mol. The number of benzene rings is 1. The van der Waals surface area contributed by atoms with Crippen molar-refractivity contribution in [1.82, 2.24) is 19.7 Å². The molecule has 1 fully saturated rings. The first-order valence-electron chi connectivity index (χ1n) is 12.8. The Bertz CT molecular complexity index is 1100. The Morgan fingerprint density at radius 3 is 2.33 bits per heavy atom. The van der Waals surface area contributed by atoms with Gasteiger partial charge in [-0.3, -0.25) is 19.3 Å². The highest BCUT2D eigenvalue weighted by Crippen LogP contribution is 2.16. The standard InChI is InChI=1S/C28H40N4O4/c1-20(2)9-10-31-18-24(27(34)29-16-21(3)4)26(33)25(19-31)28(35)32-13-11-30(12-14-32)17-22-7-6-8-23(15-22)36-5/h6-8,15,18-21H,9-14,16-17H2,1-5H3,(H,29,34). The minimum atomic E-state index is -0.499. The van der Waals surface area contributed by atoms with Gasteiger partial charge in [0, 0.05) is 58.2 Å². The van der Waals surface area contributed by atoms with Crippen molar-refractivity contribution in [3.8, 4) is 5.75 Å². The van der Waals surface area contributed by atoms with Crippen LogP contribution in [-0.4, -0.2) is 66.0 Å². The minimum absolute atomic E-state index is 0.0296. The molecule has 2 heterocycles. The van der Waals surface area contributed by atoms with E-state index >= 15 is 0 Å². The Morgan fingerprint density at radius 2 is 1.69 bits per heavy atom. The number of piperazine rings is 1. The number of pyridine rings is 1. The van der Waals surface area contributed by atoms with Crippen molar-refractivity contribution in [2.75, 3.05) is 39.8 Å². The summed E-state index contributed by atoms with van der Waals surface area (Å²) in [5, 5.41) is 2.82. The lowest BCUT2D eigenvalue weighted by Crippen LogP contribution is -2.49. The lowest BCUT2D eigenvalue weighted by Gasteiger charge is -2.34. The molecule has 1 saturated heterocycles. The molecule has 8 heteroatoms. The van der Waals surface area contributed by atoms with Gasteiger partial charge in [0.05, 0.1) is 7.11 Å². The average Bonchev–Trinajstić information content (AvgIpc) is 2.86. The van der Waals surface area contributed by atoms with Crippen molar-refractivity contribution in [2.24, 2.45) is 11.8 Å². The maximum absolute atomic E-state index is 13.4. The van der Waals surface area contributed by atoms with E-state index in [1.807, 2.05) is 36.6 Å². The number of nitrogens with zero attached hydrogens (tertiary/aromatic N) is 3. The molecule has 36 heavy (non-hydrogen) atoms. The van der Waals surface area contributed by atoms with Crippen LogP contribution in [0.1, 0.15) is 60.4 Å².